The van der Waals surface area contributed by atoms with Gasteiger partial charge in [0, 0.05) is 18.2 Å². The van der Waals surface area contributed by atoms with E-state index >= 15 is 0 Å². The summed E-state index contributed by atoms with van der Waals surface area (Å²) in [7, 11) is 1.66. The maximum absolute atomic E-state index is 11.7. The van der Waals surface area contributed by atoms with Crippen molar-refractivity contribution in [1.82, 2.24) is 4.90 Å². The summed E-state index contributed by atoms with van der Waals surface area (Å²) in [6, 6.07) is 9.44. The molecule has 0 saturated carbocycles. The standard InChI is InChI=1S/C11H10N2O/c1-11(7-12)9-6-4-3-5-8(9)10(14)13(11)2/h3-6H,1-2H3. The van der Waals surface area contributed by atoms with Gasteiger partial charge >= 0.3 is 0 Å². The van der Waals surface area contributed by atoms with Gasteiger partial charge in [0.05, 0.1) is 6.07 Å². The van der Waals surface area contributed by atoms with Gasteiger partial charge in [0.2, 0.25) is 0 Å². The molecule has 2 rings (SSSR count). The monoisotopic (exact) mass is 186 g/mol. The Morgan fingerprint density at radius 3 is 2.71 bits per heavy atom. The lowest BCUT2D eigenvalue weighted by molar-refractivity contribution is 0.0732. The summed E-state index contributed by atoms with van der Waals surface area (Å²) < 4.78 is 0. The molecule has 1 atom stereocenters. The second kappa shape index (κ2) is 2.58. The van der Waals surface area contributed by atoms with Crippen LogP contribution in [0.25, 0.3) is 0 Å². The van der Waals surface area contributed by atoms with Crippen LogP contribution in [0.4, 0.5) is 0 Å². The minimum Gasteiger partial charge on any atom is -0.319 e. The average Bonchev–Trinajstić information content (AvgIpc) is 2.43. The minimum atomic E-state index is -0.812. The van der Waals surface area contributed by atoms with Crippen molar-refractivity contribution in [3.8, 4) is 6.07 Å². The molecule has 1 aromatic rings. The van der Waals surface area contributed by atoms with Crippen LogP contribution >= 0.6 is 0 Å². The maximum atomic E-state index is 11.7. The highest BCUT2D eigenvalue weighted by Gasteiger charge is 2.44. The lowest BCUT2D eigenvalue weighted by Gasteiger charge is -2.25. The van der Waals surface area contributed by atoms with Gasteiger partial charge in [-0.3, -0.25) is 4.79 Å². The van der Waals surface area contributed by atoms with Crippen molar-refractivity contribution in [2.75, 3.05) is 7.05 Å². The maximum Gasteiger partial charge on any atom is 0.255 e. The van der Waals surface area contributed by atoms with Crippen LogP contribution in [0, 0.1) is 11.3 Å². The second-order valence-corrected chi connectivity index (χ2v) is 3.59. The van der Waals surface area contributed by atoms with Crippen LogP contribution in [0.2, 0.25) is 0 Å². The van der Waals surface area contributed by atoms with E-state index in [-0.39, 0.29) is 5.91 Å². The highest BCUT2D eigenvalue weighted by atomic mass is 16.2. The Morgan fingerprint density at radius 2 is 2.07 bits per heavy atom. The van der Waals surface area contributed by atoms with Gasteiger partial charge in [0.25, 0.3) is 5.91 Å². The van der Waals surface area contributed by atoms with Crippen LogP contribution in [0.15, 0.2) is 24.3 Å². The number of fused-ring (bicyclic) bond motifs is 1. The molecule has 0 aromatic heterocycles. The zero-order chi connectivity index (χ0) is 10.3. The van der Waals surface area contributed by atoms with Crippen molar-refractivity contribution in [3.05, 3.63) is 35.4 Å². The number of rotatable bonds is 0. The molecule has 1 aliphatic rings. The largest absolute Gasteiger partial charge is 0.319 e. The van der Waals surface area contributed by atoms with Crippen LogP contribution in [0.1, 0.15) is 22.8 Å². The highest BCUT2D eigenvalue weighted by Crippen LogP contribution is 2.36. The molecule has 0 spiro atoms. The topological polar surface area (TPSA) is 44.1 Å². The normalized spacial score (nSPS) is 24.6. The van der Waals surface area contributed by atoms with Crippen LogP contribution < -0.4 is 0 Å². The molecule has 3 heteroatoms. The first-order valence-corrected chi connectivity index (χ1v) is 4.40. The lowest BCUT2D eigenvalue weighted by Crippen LogP contribution is -2.36. The summed E-state index contributed by atoms with van der Waals surface area (Å²) in [6.07, 6.45) is 0. The molecule has 1 aromatic carbocycles. The molecule has 0 radical (unpaired) electrons. The molecule has 0 saturated heterocycles. The van der Waals surface area contributed by atoms with Crippen LogP contribution in [-0.4, -0.2) is 17.9 Å². The first-order chi connectivity index (χ1) is 6.61. The summed E-state index contributed by atoms with van der Waals surface area (Å²) in [5.41, 5.74) is 0.627. The van der Waals surface area contributed by atoms with E-state index < -0.39 is 5.54 Å². The van der Waals surface area contributed by atoms with Crippen molar-refractivity contribution < 1.29 is 4.79 Å². The molecule has 1 amide bonds. The first kappa shape index (κ1) is 8.76. The van der Waals surface area contributed by atoms with Gasteiger partial charge in [-0.25, -0.2) is 0 Å². The van der Waals surface area contributed by atoms with Gasteiger partial charge in [0.1, 0.15) is 0 Å². The van der Waals surface area contributed by atoms with Gasteiger partial charge < -0.3 is 4.90 Å². The number of nitrogens with zero attached hydrogens (tertiary/aromatic N) is 2. The van der Waals surface area contributed by atoms with E-state index in [0.717, 1.165) is 5.56 Å². The van der Waals surface area contributed by atoms with E-state index in [4.69, 9.17) is 5.26 Å². The Labute approximate surface area is 82.6 Å². The predicted octanol–water partition coefficient (Wildman–Crippen LogP) is 1.51. The SMILES string of the molecule is CN1C(=O)c2ccccc2C1(C)C#N. The third-order valence-electron chi connectivity index (χ3n) is 2.88. The Morgan fingerprint density at radius 1 is 1.43 bits per heavy atom. The van der Waals surface area contributed by atoms with Gasteiger partial charge in [0.15, 0.2) is 5.54 Å². The number of carbonyl (C=O) groups excluding carboxylic acids is 1. The van der Waals surface area contributed by atoms with Crippen molar-refractivity contribution in [2.24, 2.45) is 0 Å². The minimum absolute atomic E-state index is 0.0790. The van der Waals surface area contributed by atoms with E-state index in [1.165, 1.54) is 4.90 Å². The summed E-state index contributed by atoms with van der Waals surface area (Å²) in [5.74, 6) is -0.0790. The predicted molar refractivity (Wildman–Crippen MR) is 51.5 cm³/mol. The molecular formula is C11H10N2O. The fraction of sp³-hybridized carbons (Fsp3) is 0.273. The molecule has 0 fully saturated rings. The number of nitriles is 1. The molecule has 0 N–H and O–H groups in total. The van der Waals surface area contributed by atoms with Gasteiger partial charge in [-0.05, 0) is 13.0 Å². The molecule has 0 bridgehead atoms. The first-order valence-electron chi connectivity index (χ1n) is 4.40. The van der Waals surface area contributed by atoms with Crippen LogP contribution in [0.3, 0.4) is 0 Å². The molecule has 14 heavy (non-hydrogen) atoms. The fourth-order valence-corrected chi connectivity index (χ4v) is 1.79. The molecule has 0 aliphatic carbocycles. The van der Waals surface area contributed by atoms with Crippen LogP contribution in [-0.2, 0) is 5.54 Å². The van der Waals surface area contributed by atoms with E-state index in [0.29, 0.717) is 5.56 Å². The third kappa shape index (κ3) is 0.828. The highest BCUT2D eigenvalue weighted by molar-refractivity contribution is 6.00. The quantitative estimate of drug-likeness (QED) is 0.616. The molecule has 1 heterocycles. The molecular weight excluding hydrogens is 176 g/mol. The zero-order valence-corrected chi connectivity index (χ0v) is 8.11. The average molecular weight is 186 g/mol. The van der Waals surface area contributed by atoms with Crippen LogP contribution in [0.5, 0.6) is 0 Å². The zero-order valence-electron chi connectivity index (χ0n) is 8.11. The number of hydrogen-bond acceptors (Lipinski definition) is 2. The smallest absolute Gasteiger partial charge is 0.255 e. The van der Waals surface area contributed by atoms with E-state index in [9.17, 15) is 4.79 Å². The summed E-state index contributed by atoms with van der Waals surface area (Å²) >= 11 is 0. The van der Waals surface area contributed by atoms with Crippen molar-refractivity contribution in [3.63, 3.8) is 0 Å². The summed E-state index contributed by atoms with van der Waals surface area (Å²) in [6.45, 7) is 1.76. The Balaban J connectivity index is 2.73. The van der Waals surface area contributed by atoms with Gasteiger partial charge in [-0.2, -0.15) is 5.26 Å². The van der Waals surface area contributed by atoms with Gasteiger partial charge in [-0.1, -0.05) is 18.2 Å². The summed E-state index contributed by atoms with van der Waals surface area (Å²) in [5, 5.41) is 9.12. The molecule has 70 valence electrons. The van der Waals surface area contributed by atoms with Gasteiger partial charge in [-0.15, -0.1) is 0 Å². The van der Waals surface area contributed by atoms with Crippen molar-refractivity contribution >= 4 is 5.91 Å². The Kier molecular flexibility index (Phi) is 1.62. The number of amides is 1. The lowest BCUT2D eigenvalue weighted by atomic mass is 9.93. The molecule has 1 aliphatic heterocycles. The number of benzene rings is 1. The Bertz CT molecular complexity index is 447. The Hall–Kier alpha value is -1.82. The molecule has 1 unspecified atom stereocenters. The third-order valence-corrected chi connectivity index (χ3v) is 2.88. The van der Waals surface area contributed by atoms with Crippen molar-refractivity contribution in [2.45, 2.75) is 12.5 Å². The number of hydrogen-bond donors (Lipinski definition) is 0. The van der Waals surface area contributed by atoms with E-state index in [1.807, 2.05) is 18.2 Å². The molecule has 3 nitrogen and oxygen atoms in total. The second-order valence-electron chi connectivity index (χ2n) is 3.59. The van der Waals surface area contributed by atoms with E-state index in [1.54, 1.807) is 20.0 Å². The number of carbonyl (C=O) groups is 1. The fourth-order valence-electron chi connectivity index (χ4n) is 1.79. The van der Waals surface area contributed by atoms with E-state index in [2.05, 4.69) is 6.07 Å². The van der Waals surface area contributed by atoms with Crippen molar-refractivity contribution in [1.29, 1.82) is 5.26 Å². The summed E-state index contributed by atoms with van der Waals surface area (Å²) in [4.78, 5) is 13.2.